The molecule has 3 nitrogen and oxygen atoms in total. The summed E-state index contributed by atoms with van der Waals surface area (Å²) in [6.07, 6.45) is 3.09. The second kappa shape index (κ2) is 6.22. The molecular formula is C13H25N3. The number of hydrogen-bond donors (Lipinski definition) is 1. The second-order valence-corrected chi connectivity index (χ2v) is 5.26. The van der Waals surface area contributed by atoms with Crippen molar-refractivity contribution in [1.29, 1.82) is 5.26 Å². The molecule has 1 fully saturated rings. The Morgan fingerprint density at radius 1 is 1.38 bits per heavy atom. The quantitative estimate of drug-likeness (QED) is 0.792. The van der Waals surface area contributed by atoms with Crippen molar-refractivity contribution >= 4 is 0 Å². The van der Waals surface area contributed by atoms with Gasteiger partial charge in [-0.3, -0.25) is 5.32 Å². The lowest BCUT2D eigenvalue weighted by atomic mass is 9.91. The van der Waals surface area contributed by atoms with E-state index in [1.54, 1.807) is 0 Å². The van der Waals surface area contributed by atoms with E-state index in [9.17, 15) is 5.26 Å². The average molecular weight is 223 g/mol. The van der Waals surface area contributed by atoms with Crippen molar-refractivity contribution < 1.29 is 0 Å². The van der Waals surface area contributed by atoms with E-state index in [1.807, 2.05) is 0 Å². The third-order valence-electron chi connectivity index (χ3n) is 3.44. The van der Waals surface area contributed by atoms with Crippen LogP contribution in [-0.4, -0.2) is 36.6 Å². The van der Waals surface area contributed by atoms with Crippen LogP contribution >= 0.6 is 0 Å². The lowest BCUT2D eigenvalue weighted by molar-refractivity contribution is 0.286. The van der Waals surface area contributed by atoms with E-state index in [0.29, 0.717) is 5.92 Å². The molecule has 1 unspecified atom stereocenters. The van der Waals surface area contributed by atoms with Gasteiger partial charge in [-0.1, -0.05) is 20.8 Å². The zero-order valence-corrected chi connectivity index (χ0v) is 10.9. The van der Waals surface area contributed by atoms with Gasteiger partial charge in [-0.2, -0.15) is 5.26 Å². The van der Waals surface area contributed by atoms with Gasteiger partial charge in [-0.05, 0) is 44.8 Å². The van der Waals surface area contributed by atoms with Gasteiger partial charge in [-0.15, -0.1) is 0 Å². The van der Waals surface area contributed by atoms with E-state index in [1.165, 1.54) is 0 Å². The Hall–Kier alpha value is -0.590. The fourth-order valence-electron chi connectivity index (χ4n) is 2.23. The van der Waals surface area contributed by atoms with E-state index < -0.39 is 0 Å². The molecule has 0 aromatic carbocycles. The van der Waals surface area contributed by atoms with Crippen molar-refractivity contribution in [2.45, 2.75) is 45.6 Å². The number of nitriles is 1. The topological polar surface area (TPSA) is 39.1 Å². The van der Waals surface area contributed by atoms with Gasteiger partial charge in [0.25, 0.3) is 0 Å². The maximum absolute atomic E-state index is 9.41. The minimum atomic E-state index is -0.270. The number of nitrogens with one attached hydrogen (secondary N) is 1. The summed E-state index contributed by atoms with van der Waals surface area (Å²) < 4.78 is 0. The Kier molecular flexibility index (Phi) is 5.24. The minimum Gasteiger partial charge on any atom is -0.304 e. The summed E-state index contributed by atoms with van der Waals surface area (Å²) >= 11 is 0. The summed E-state index contributed by atoms with van der Waals surface area (Å²) in [5.41, 5.74) is -0.270. The van der Waals surface area contributed by atoms with E-state index in [4.69, 9.17) is 0 Å². The average Bonchev–Trinajstić information content (AvgIpc) is 2.49. The SMILES string of the molecule is CCN1CCCC(C#N)(NCC(C)C)CC1. The normalized spacial score (nSPS) is 27.7. The molecule has 1 aliphatic heterocycles. The van der Waals surface area contributed by atoms with Crippen molar-refractivity contribution in [3.63, 3.8) is 0 Å². The predicted molar refractivity (Wildman–Crippen MR) is 67.1 cm³/mol. The van der Waals surface area contributed by atoms with Gasteiger partial charge in [0.15, 0.2) is 0 Å². The molecule has 0 radical (unpaired) electrons. The van der Waals surface area contributed by atoms with E-state index in [2.05, 4.69) is 37.1 Å². The molecule has 1 rings (SSSR count). The highest BCUT2D eigenvalue weighted by molar-refractivity contribution is 5.08. The third-order valence-corrected chi connectivity index (χ3v) is 3.44. The van der Waals surface area contributed by atoms with E-state index >= 15 is 0 Å². The minimum absolute atomic E-state index is 0.270. The van der Waals surface area contributed by atoms with Crippen LogP contribution in [-0.2, 0) is 0 Å². The monoisotopic (exact) mass is 223 g/mol. The molecule has 0 aromatic heterocycles. The molecule has 3 heteroatoms. The van der Waals surface area contributed by atoms with Gasteiger partial charge in [0.05, 0.1) is 6.07 Å². The Morgan fingerprint density at radius 3 is 2.69 bits per heavy atom. The molecule has 0 saturated carbocycles. The van der Waals surface area contributed by atoms with Gasteiger partial charge in [0.2, 0.25) is 0 Å². The first-order chi connectivity index (χ1) is 7.62. The highest BCUT2D eigenvalue weighted by atomic mass is 15.1. The highest BCUT2D eigenvalue weighted by Gasteiger charge is 2.31. The van der Waals surface area contributed by atoms with Gasteiger partial charge < -0.3 is 4.90 Å². The molecule has 1 heterocycles. The number of likely N-dealkylation sites (tertiary alicyclic amines) is 1. The van der Waals surface area contributed by atoms with Crippen LogP contribution in [0.4, 0.5) is 0 Å². The zero-order chi connectivity index (χ0) is 12.0. The standard InChI is InChI=1S/C13H25N3/c1-4-16-8-5-6-13(11-14,7-9-16)15-10-12(2)3/h12,15H,4-10H2,1-3H3. The molecule has 92 valence electrons. The number of rotatable bonds is 4. The largest absolute Gasteiger partial charge is 0.304 e. The molecule has 0 bridgehead atoms. The maximum Gasteiger partial charge on any atom is 0.108 e. The van der Waals surface area contributed by atoms with Crippen molar-refractivity contribution in [3.8, 4) is 6.07 Å². The van der Waals surface area contributed by atoms with Crippen LogP contribution < -0.4 is 5.32 Å². The molecule has 0 amide bonds. The van der Waals surface area contributed by atoms with Gasteiger partial charge in [-0.25, -0.2) is 0 Å². The number of hydrogen-bond acceptors (Lipinski definition) is 3. The van der Waals surface area contributed by atoms with Crippen LogP contribution in [0.2, 0.25) is 0 Å². The van der Waals surface area contributed by atoms with Crippen LogP contribution in [0.1, 0.15) is 40.0 Å². The van der Waals surface area contributed by atoms with Gasteiger partial charge in [0, 0.05) is 6.54 Å². The predicted octanol–water partition coefficient (Wildman–Crippen LogP) is 2.00. The molecule has 1 N–H and O–H groups in total. The fourth-order valence-corrected chi connectivity index (χ4v) is 2.23. The maximum atomic E-state index is 9.41. The Bertz CT molecular complexity index is 244. The Balaban J connectivity index is 2.55. The van der Waals surface area contributed by atoms with Crippen molar-refractivity contribution in [2.75, 3.05) is 26.2 Å². The van der Waals surface area contributed by atoms with Crippen LogP contribution in [0, 0.1) is 17.2 Å². The summed E-state index contributed by atoms with van der Waals surface area (Å²) in [4.78, 5) is 2.44. The zero-order valence-electron chi connectivity index (χ0n) is 10.9. The summed E-state index contributed by atoms with van der Waals surface area (Å²) in [5.74, 6) is 0.607. The van der Waals surface area contributed by atoms with Crippen molar-refractivity contribution in [2.24, 2.45) is 5.92 Å². The van der Waals surface area contributed by atoms with Crippen LogP contribution in [0.5, 0.6) is 0 Å². The Morgan fingerprint density at radius 2 is 2.12 bits per heavy atom. The molecule has 0 spiro atoms. The summed E-state index contributed by atoms with van der Waals surface area (Å²) in [6.45, 7) is 10.8. The molecule has 1 atom stereocenters. The fraction of sp³-hybridized carbons (Fsp3) is 0.923. The summed E-state index contributed by atoms with van der Waals surface area (Å²) in [5, 5.41) is 12.9. The van der Waals surface area contributed by atoms with Crippen molar-refractivity contribution in [3.05, 3.63) is 0 Å². The van der Waals surface area contributed by atoms with Crippen LogP contribution in [0.25, 0.3) is 0 Å². The Labute approximate surface area is 99.8 Å². The second-order valence-electron chi connectivity index (χ2n) is 5.26. The lowest BCUT2D eigenvalue weighted by Gasteiger charge is -2.27. The lowest BCUT2D eigenvalue weighted by Crippen LogP contribution is -2.46. The first kappa shape index (κ1) is 13.5. The van der Waals surface area contributed by atoms with Crippen molar-refractivity contribution in [1.82, 2.24) is 10.2 Å². The smallest absolute Gasteiger partial charge is 0.108 e. The van der Waals surface area contributed by atoms with Gasteiger partial charge in [0.1, 0.15) is 5.54 Å². The highest BCUT2D eigenvalue weighted by Crippen LogP contribution is 2.22. The van der Waals surface area contributed by atoms with E-state index in [-0.39, 0.29) is 5.54 Å². The first-order valence-electron chi connectivity index (χ1n) is 6.50. The third kappa shape index (κ3) is 3.77. The van der Waals surface area contributed by atoms with E-state index in [0.717, 1.165) is 45.4 Å². The van der Waals surface area contributed by atoms with Crippen LogP contribution in [0.15, 0.2) is 0 Å². The van der Waals surface area contributed by atoms with Gasteiger partial charge >= 0.3 is 0 Å². The first-order valence-corrected chi connectivity index (χ1v) is 6.50. The molecule has 16 heavy (non-hydrogen) atoms. The molecule has 1 aliphatic rings. The van der Waals surface area contributed by atoms with Crippen LogP contribution in [0.3, 0.4) is 0 Å². The molecular weight excluding hydrogens is 198 g/mol. The summed E-state index contributed by atoms with van der Waals surface area (Å²) in [7, 11) is 0. The molecule has 1 saturated heterocycles. The molecule has 0 aromatic rings. The summed E-state index contributed by atoms with van der Waals surface area (Å²) in [6, 6.07) is 2.52. The molecule has 0 aliphatic carbocycles. The number of nitrogens with zero attached hydrogens (tertiary/aromatic N) is 2.